The number of hydrogen-bond donors (Lipinski definition) is 2. The fourth-order valence-corrected chi connectivity index (χ4v) is 7.95. The summed E-state index contributed by atoms with van der Waals surface area (Å²) >= 11 is 0. The minimum atomic E-state index is -4.62. The molecule has 8 nitrogen and oxygen atoms in total. The Morgan fingerprint density at radius 1 is 0.529 bits per heavy atom. The number of amides is 1. The van der Waals surface area contributed by atoms with Gasteiger partial charge >= 0.3 is 0 Å². The van der Waals surface area contributed by atoms with Crippen LogP contribution in [0.3, 0.4) is 0 Å². The van der Waals surface area contributed by atoms with Gasteiger partial charge in [0.05, 0.1) is 39.9 Å². The summed E-state index contributed by atoms with van der Waals surface area (Å²) in [4.78, 5) is 25.4. The summed E-state index contributed by atoms with van der Waals surface area (Å²) in [7, 11) is 1.22. The number of phosphoric ester groups is 1. The van der Waals surface area contributed by atoms with Gasteiger partial charge in [0.1, 0.15) is 13.2 Å². The molecule has 0 aromatic heterocycles. The number of rotatable bonds is 48. The van der Waals surface area contributed by atoms with E-state index in [1.165, 1.54) is 96.3 Å². The molecule has 0 aliphatic rings. The summed E-state index contributed by atoms with van der Waals surface area (Å²) in [6.45, 7) is 4.49. The number of aliphatic hydroxyl groups excluding tert-OH is 1. The number of carbonyl (C=O) groups is 1. The average molecular weight is 967 g/mol. The molecule has 390 valence electrons. The maximum absolute atomic E-state index is 12.9. The van der Waals surface area contributed by atoms with Crippen LogP contribution in [0.2, 0.25) is 0 Å². The second kappa shape index (κ2) is 49.2. The van der Waals surface area contributed by atoms with E-state index >= 15 is 0 Å². The molecule has 3 unspecified atom stereocenters. The zero-order valence-corrected chi connectivity index (χ0v) is 45.2. The lowest BCUT2D eigenvalue weighted by atomic mass is 10.0. The van der Waals surface area contributed by atoms with E-state index in [1.807, 2.05) is 27.2 Å². The zero-order chi connectivity index (χ0) is 49.9. The van der Waals surface area contributed by atoms with E-state index in [4.69, 9.17) is 9.05 Å². The third-order valence-electron chi connectivity index (χ3n) is 11.5. The number of aliphatic hydroxyl groups is 1. The Hall–Kier alpha value is -2.84. The number of quaternary nitrogens is 1. The molecule has 68 heavy (non-hydrogen) atoms. The molecule has 9 heteroatoms. The zero-order valence-electron chi connectivity index (χ0n) is 44.3. The van der Waals surface area contributed by atoms with Gasteiger partial charge in [-0.1, -0.05) is 226 Å². The van der Waals surface area contributed by atoms with Gasteiger partial charge in [0.15, 0.2) is 0 Å². The first-order valence-electron chi connectivity index (χ1n) is 27.2. The number of nitrogens with one attached hydrogen (secondary N) is 1. The van der Waals surface area contributed by atoms with Crippen molar-refractivity contribution in [2.24, 2.45) is 0 Å². The minimum Gasteiger partial charge on any atom is -0.756 e. The van der Waals surface area contributed by atoms with E-state index in [1.54, 1.807) is 6.08 Å². The Morgan fingerprint density at radius 3 is 1.31 bits per heavy atom. The molecule has 0 aromatic carbocycles. The van der Waals surface area contributed by atoms with Crippen molar-refractivity contribution in [1.29, 1.82) is 0 Å². The van der Waals surface area contributed by atoms with E-state index in [0.29, 0.717) is 17.4 Å². The van der Waals surface area contributed by atoms with Gasteiger partial charge in [-0.2, -0.15) is 0 Å². The van der Waals surface area contributed by atoms with Crippen molar-refractivity contribution in [1.82, 2.24) is 5.32 Å². The summed E-state index contributed by atoms with van der Waals surface area (Å²) in [6.07, 6.45) is 71.5. The van der Waals surface area contributed by atoms with Crippen LogP contribution in [0.1, 0.15) is 206 Å². The van der Waals surface area contributed by atoms with Crippen molar-refractivity contribution in [3.63, 3.8) is 0 Å². The van der Waals surface area contributed by atoms with E-state index < -0.39 is 26.6 Å². The lowest BCUT2D eigenvalue weighted by molar-refractivity contribution is -0.870. The van der Waals surface area contributed by atoms with Crippen LogP contribution >= 0.6 is 7.82 Å². The second-order valence-electron chi connectivity index (χ2n) is 19.2. The number of carbonyl (C=O) groups excluding carboxylic acids is 1. The second-order valence-corrected chi connectivity index (χ2v) is 20.6. The molecule has 0 radical (unpaired) electrons. The summed E-state index contributed by atoms with van der Waals surface area (Å²) < 4.78 is 23.3. The van der Waals surface area contributed by atoms with Crippen molar-refractivity contribution < 1.29 is 32.9 Å². The average Bonchev–Trinajstić information content (AvgIpc) is 3.30. The monoisotopic (exact) mass is 967 g/mol. The highest BCUT2D eigenvalue weighted by atomic mass is 31.2. The van der Waals surface area contributed by atoms with Gasteiger partial charge in [-0.25, -0.2) is 0 Å². The van der Waals surface area contributed by atoms with E-state index in [2.05, 4.69) is 116 Å². The molecular weight excluding hydrogens is 864 g/mol. The number of phosphoric acid groups is 1. The van der Waals surface area contributed by atoms with Gasteiger partial charge < -0.3 is 28.8 Å². The number of unbranched alkanes of at least 4 members (excludes halogenated alkanes) is 19. The van der Waals surface area contributed by atoms with Crippen LogP contribution in [0.5, 0.6) is 0 Å². The first-order chi connectivity index (χ1) is 33.0. The molecule has 0 aliphatic carbocycles. The maximum atomic E-state index is 12.9. The predicted octanol–water partition coefficient (Wildman–Crippen LogP) is 15.8. The highest BCUT2D eigenvalue weighted by molar-refractivity contribution is 7.45. The van der Waals surface area contributed by atoms with Crippen LogP contribution in [-0.4, -0.2) is 68.5 Å². The Labute approximate surface area is 419 Å². The summed E-state index contributed by atoms with van der Waals surface area (Å²) in [5.74, 6) is -0.243. The predicted molar refractivity (Wildman–Crippen MR) is 292 cm³/mol. The standard InChI is InChI=1S/C59H103N2O6P/c1-6-8-10-12-14-16-18-20-22-24-26-27-28-29-30-31-32-33-35-37-39-41-43-45-47-49-51-53-59(63)60-57(56-67-68(64,65)66-55-54-61(3,4)5)58(62)52-50-48-46-44-42-40-38-36-34-25-23-21-19-17-15-13-11-9-7-2/h8,10,14,16,20,22,26-27,29-30,32-33,37,39,43,45,50,52,57-58,62H,6-7,9,11-13,15,17-19,21,23-25,28,31,34-36,38,40-42,44,46-49,51,53-56H2,1-5H3,(H-,60,63,64,65)/b10-8-,16-14-,22-20-,27-26-,30-29-,33-32-,39-37-,45-43-,52-50+. The Bertz CT molecular complexity index is 1470. The fraction of sp³-hybridized carbons (Fsp3) is 0.678. The lowest BCUT2D eigenvalue weighted by Crippen LogP contribution is -2.45. The minimum absolute atomic E-state index is 0.0157. The van der Waals surface area contributed by atoms with E-state index in [9.17, 15) is 19.4 Å². The molecule has 0 spiro atoms. The Balaban J connectivity index is 4.40. The van der Waals surface area contributed by atoms with Gasteiger partial charge in [-0.15, -0.1) is 0 Å². The van der Waals surface area contributed by atoms with Crippen LogP contribution in [0.15, 0.2) is 109 Å². The van der Waals surface area contributed by atoms with Crippen LogP contribution in [0.4, 0.5) is 0 Å². The molecule has 3 atom stereocenters. The molecule has 1 amide bonds. The number of nitrogens with zero attached hydrogens (tertiary/aromatic N) is 1. The molecule has 0 saturated heterocycles. The van der Waals surface area contributed by atoms with Crippen molar-refractivity contribution in [2.75, 3.05) is 40.9 Å². The van der Waals surface area contributed by atoms with Crippen LogP contribution in [0, 0.1) is 0 Å². The molecular formula is C59H103N2O6P. The highest BCUT2D eigenvalue weighted by Crippen LogP contribution is 2.38. The van der Waals surface area contributed by atoms with E-state index in [0.717, 1.165) is 83.5 Å². The smallest absolute Gasteiger partial charge is 0.268 e. The summed E-state index contributed by atoms with van der Waals surface area (Å²) in [5, 5.41) is 13.8. The SMILES string of the molecule is CC/C=C\C/C=C\C/C=C\C/C=C\C/C=C\C/C=C\C/C=C\C/C=C\CCCCC(=O)NC(COP(=O)([O-])OCC[N+](C)(C)C)C(O)/C=C/CCCCCCCCCCCCCCCCCCC. The first kappa shape index (κ1) is 65.2. The quantitative estimate of drug-likeness (QED) is 0.0272. The van der Waals surface area contributed by atoms with Crippen molar-refractivity contribution in [3.8, 4) is 0 Å². The van der Waals surface area contributed by atoms with Gasteiger partial charge in [0.25, 0.3) is 7.82 Å². The largest absolute Gasteiger partial charge is 0.756 e. The summed E-state index contributed by atoms with van der Waals surface area (Å²) in [5.41, 5.74) is 0. The van der Waals surface area contributed by atoms with Crippen molar-refractivity contribution >= 4 is 13.7 Å². The van der Waals surface area contributed by atoms with Crippen molar-refractivity contribution in [2.45, 2.75) is 219 Å². The normalized spacial score (nSPS) is 14.9. The third kappa shape index (κ3) is 51.0. The molecule has 0 heterocycles. The van der Waals surface area contributed by atoms with Crippen LogP contribution in [0.25, 0.3) is 0 Å². The van der Waals surface area contributed by atoms with Gasteiger partial charge in [-0.05, 0) is 83.5 Å². The Morgan fingerprint density at radius 2 is 0.897 bits per heavy atom. The fourth-order valence-electron chi connectivity index (χ4n) is 7.23. The molecule has 2 N–H and O–H groups in total. The summed E-state index contributed by atoms with van der Waals surface area (Å²) in [6, 6.07) is -0.918. The molecule has 0 aromatic rings. The molecule has 0 bridgehead atoms. The molecule has 0 aliphatic heterocycles. The van der Waals surface area contributed by atoms with Gasteiger partial charge in [-0.3, -0.25) is 9.36 Å². The topological polar surface area (TPSA) is 108 Å². The third-order valence-corrected chi connectivity index (χ3v) is 12.5. The molecule has 0 rings (SSSR count). The van der Waals surface area contributed by atoms with Gasteiger partial charge in [0.2, 0.25) is 5.91 Å². The maximum Gasteiger partial charge on any atom is 0.268 e. The molecule has 0 fully saturated rings. The van der Waals surface area contributed by atoms with Crippen LogP contribution in [-0.2, 0) is 18.4 Å². The van der Waals surface area contributed by atoms with Gasteiger partial charge in [0, 0.05) is 6.42 Å². The van der Waals surface area contributed by atoms with E-state index in [-0.39, 0.29) is 18.9 Å². The first-order valence-corrected chi connectivity index (χ1v) is 28.7. The number of allylic oxidation sites excluding steroid dienone is 17. The molecule has 0 saturated carbocycles. The Kier molecular flexibility index (Phi) is 47.1. The number of likely N-dealkylation sites (N-methyl/N-ethyl adjacent to an activating group) is 1. The van der Waals surface area contributed by atoms with Crippen LogP contribution < -0.4 is 10.2 Å². The van der Waals surface area contributed by atoms with Crippen molar-refractivity contribution in [3.05, 3.63) is 109 Å². The highest BCUT2D eigenvalue weighted by Gasteiger charge is 2.23. The number of hydrogen-bond acceptors (Lipinski definition) is 6. The lowest BCUT2D eigenvalue weighted by Gasteiger charge is -2.29.